The number of aryl methyl sites for hydroxylation is 1. The van der Waals surface area contributed by atoms with E-state index in [1.165, 1.54) is 5.56 Å². The van der Waals surface area contributed by atoms with Crippen molar-refractivity contribution in [3.8, 4) is 6.07 Å². The SMILES string of the molecule is N#CCc1ccc(NC(=O)C(=O)N[C@@H]2CCCCc3ccccc32)cc1. The number of anilines is 1. The molecule has 2 aromatic carbocycles. The summed E-state index contributed by atoms with van der Waals surface area (Å²) in [6.45, 7) is 0. The molecule has 0 aliphatic heterocycles. The van der Waals surface area contributed by atoms with Crippen LogP contribution in [0.5, 0.6) is 0 Å². The second kappa shape index (κ2) is 8.30. The third-order valence-electron chi connectivity index (χ3n) is 4.63. The van der Waals surface area contributed by atoms with E-state index in [1.54, 1.807) is 24.3 Å². The molecule has 0 saturated heterocycles. The lowest BCUT2D eigenvalue weighted by Gasteiger charge is -2.19. The number of rotatable bonds is 3. The second-order valence-corrected chi connectivity index (χ2v) is 6.46. The summed E-state index contributed by atoms with van der Waals surface area (Å²) < 4.78 is 0. The van der Waals surface area contributed by atoms with E-state index in [-0.39, 0.29) is 6.04 Å². The predicted octanol–water partition coefficient (Wildman–Crippen LogP) is 3.28. The molecule has 2 N–H and O–H groups in total. The van der Waals surface area contributed by atoms with Crippen LogP contribution in [0, 0.1) is 11.3 Å². The number of nitrogens with one attached hydrogen (secondary N) is 2. The molecule has 1 atom stereocenters. The van der Waals surface area contributed by atoms with Gasteiger partial charge in [0.15, 0.2) is 0 Å². The molecule has 26 heavy (non-hydrogen) atoms. The lowest BCUT2D eigenvalue weighted by molar-refractivity contribution is -0.136. The minimum Gasteiger partial charge on any atom is -0.341 e. The molecule has 2 amide bonds. The lowest BCUT2D eigenvalue weighted by Crippen LogP contribution is -2.37. The van der Waals surface area contributed by atoms with Crippen LogP contribution in [-0.2, 0) is 22.4 Å². The zero-order valence-corrected chi connectivity index (χ0v) is 14.5. The van der Waals surface area contributed by atoms with Crippen molar-refractivity contribution in [1.29, 1.82) is 5.26 Å². The fourth-order valence-corrected chi connectivity index (χ4v) is 3.28. The van der Waals surface area contributed by atoms with Crippen molar-refractivity contribution in [1.82, 2.24) is 5.32 Å². The number of benzene rings is 2. The van der Waals surface area contributed by atoms with Gasteiger partial charge in [-0.1, -0.05) is 42.8 Å². The summed E-state index contributed by atoms with van der Waals surface area (Å²) in [5.74, 6) is -1.31. The van der Waals surface area contributed by atoms with E-state index in [0.717, 1.165) is 36.8 Å². The van der Waals surface area contributed by atoms with Crippen molar-refractivity contribution in [3.05, 3.63) is 65.2 Å². The minimum atomic E-state index is -0.681. The van der Waals surface area contributed by atoms with Gasteiger partial charge in [-0.25, -0.2) is 0 Å². The topological polar surface area (TPSA) is 82.0 Å². The number of hydrogen-bond acceptors (Lipinski definition) is 3. The Labute approximate surface area is 153 Å². The van der Waals surface area contributed by atoms with Crippen LogP contribution in [0.4, 0.5) is 5.69 Å². The van der Waals surface area contributed by atoms with Gasteiger partial charge in [0.2, 0.25) is 0 Å². The van der Waals surface area contributed by atoms with E-state index in [2.05, 4.69) is 22.8 Å². The summed E-state index contributed by atoms with van der Waals surface area (Å²) in [6, 6.07) is 16.9. The Hall–Kier alpha value is -3.13. The number of carbonyl (C=O) groups excluding carboxylic acids is 2. The lowest BCUT2D eigenvalue weighted by atomic mass is 9.99. The molecule has 0 saturated carbocycles. The molecule has 5 heteroatoms. The van der Waals surface area contributed by atoms with Crippen LogP contribution in [0.25, 0.3) is 0 Å². The van der Waals surface area contributed by atoms with Gasteiger partial charge in [-0.3, -0.25) is 9.59 Å². The van der Waals surface area contributed by atoms with Crippen molar-refractivity contribution < 1.29 is 9.59 Å². The molecule has 0 fully saturated rings. The number of carbonyl (C=O) groups is 2. The molecule has 0 radical (unpaired) electrons. The highest BCUT2D eigenvalue weighted by atomic mass is 16.2. The summed E-state index contributed by atoms with van der Waals surface area (Å²) in [5.41, 5.74) is 3.74. The summed E-state index contributed by atoms with van der Waals surface area (Å²) in [5, 5.41) is 14.2. The number of nitrogens with zero attached hydrogens (tertiary/aromatic N) is 1. The predicted molar refractivity (Wildman–Crippen MR) is 99.3 cm³/mol. The van der Waals surface area contributed by atoms with Crippen LogP contribution in [0.15, 0.2) is 48.5 Å². The van der Waals surface area contributed by atoms with Crippen LogP contribution in [-0.4, -0.2) is 11.8 Å². The molecule has 0 aromatic heterocycles. The Balaban J connectivity index is 1.64. The number of fused-ring (bicyclic) bond motifs is 1. The molecule has 0 heterocycles. The Morgan fingerprint density at radius 3 is 2.58 bits per heavy atom. The molecule has 0 unspecified atom stereocenters. The molecule has 5 nitrogen and oxygen atoms in total. The summed E-state index contributed by atoms with van der Waals surface area (Å²) in [7, 11) is 0. The van der Waals surface area contributed by atoms with Crippen LogP contribution in [0.1, 0.15) is 42.0 Å². The summed E-state index contributed by atoms with van der Waals surface area (Å²) in [4.78, 5) is 24.6. The van der Waals surface area contributed by atoms with Crippen molar-refractivity contribution in [2.75, 3.05) is 5.32 Å². The maximum atomic E-state index is 12.3. The first kappa shape index (κ1) is 17.7. The van der Waals surface area contributed by atoms with Crippen LogP contribution < -0.4 is 10.6 Å². The standard InChI is InChI=1S/C21H21N3O2/c22-14-13-15-9-11-17(12-10-15)23-20(25)21(26)24-19-8-4-2-6-16-5-1-3-7-18(16)19/h1,3,5,7,9-12,19H,2,4,6,8,13H2,(H,23,25)(H,24,26)/t19-/m1/s1. The first-order valence-electron chi connectivity index (χ1n) is 8.83. The summed E-state index contributed by atoms with van der Waals surface area (Å²) >= 11 is 0. The number of amides is 2. The van der Waals surface area contributed by atoms with E-state index < -0.39 is 11.8 Å². The van der Waals surface area contributed by atoms with Crippen molar-refractivity contribution in [2.24, 2.45) is 0 Å². The highest BCUT2D eigenvalue weighted by Crippen LogP contribution is 2.28. The number of hydrogen-bond donors (Lipinski definition) is 2. The quantitative estimate of drug-likeness (QED) is 0.660. The van der Waals surface area contributed by atoms with Crippen molar-refractivity contribution in [2.45, 2.75) is 38.1 Å². The van der Waals surface area contributed by atoms with Gasteiger partial charge in [-0.05, 0) is 48.1 Å². The molecule has 1 aliphatic carbocycles. The molecule has 1 aliphatic rings. The fraction of sp³-hybridized carbons (Fsp3) is 0.286. The maximum absolute atomic E-state index is 12.3. The first-order valence-corrected chi connectivity index (χ1v) is 8.83. The van der Waals surface area contributed by atoms with Crippen molar-refractivity contribution >= 4 is 17.5 Å². The Morgan fingerprint density at radius 1 is 1.04 bits per heavy atom. The second-order valence-electron chi connectivity index (χ2n) is 6.46. The maximum Gasteiger partial charge on any atom is 0.313 e. The minimum absolute atomic E-state index is 0.134. The van der Waals surface area contributed by atoms with Gasteiger partial charge in [0.05, 0.1) is 18.5 Å². The molecular formula is C21H21N3O2. The van der Waals surface area contributed by atoms with E-state index >= 15 is 0 Å². The van der Waals surface area contributed by atoms with E-state index in [0.29, 0.717) is 12.1 Å². The van der Waals surface area contributed by atoms with Crippen LogP contribution in [0.2, 0.25) is 0 Å². The Morgan fingerprint density at radius 2 is 1.81 bits per heavy atom. The third kappa shape index (κ3) is 4.28. The summed E-state index contributed by atoms with van der Waals surface area (Å²) in [6.07, 6.45) is 4.25. The van der Waals surface area contributed by atoms with Gasteiger partial charge in [0.1, 0.15) is 0 Å². The van der Waals surface area contributed by atoms with Gasteiger partial charge < -0.3 is 10.6 Å². The van der Waals surface area contributed by atoms with E-state index in [1.807, 2.05) is 18.2 Å². The van der Waals surface area contributed by atoms with E-state index in [9.17, 15) is 9.59 Å². The van der Waals surface area contributed by atoms with Crippen LogP contribution >= 0.6 is 0 Å². The molecule has 3 rings (SSSR count). The first-order chi connectivity index (χ1) is 12.7. The average molecular weight is 347 g/mol. The average Bonchev–Trinajstić information content (AvgIpc) is 2.86. The van der Waals surface area contributed by atoms with Gasteiger partial charge in [-0.15, -0.1) is 0 Å². The van der Waals surface area contributed by atoms with Gasteiger partial charge >= 0.3 is 11.8 Å². The zero-order chi connectivity index (χ0) is 18.4. The highest BCUT2D eigenvalue weighted by Gasteiger charge is 2.23. The Bertz CT molecular complexity index is 837. The zero-order valence-electron chi connectivity index (χ0n) is 14.5. The van der Waals surface area contributed by atoms with Crippen molar-refractivity contribution in [3.63, 3.8) is 0 Å². The van der Waals surface area contributed by atoms with Gasteiger partial charge in [0, 0.05) is 5.69 Å². The smallest absolute Gasteiger partial charge is 0.313 e. The van der Waals surface area contributed by atoms with E-state index in [4.69, 9.17) is 5.26 Å². The monoisotopic (exact) mass is 347 g/mol. The fourth-order valence-electron chi connectivity index (χ4n) is 3.28. The molecule has 0 bridgehead atoms. The van der Waals surface area contributed by atoms with Gasteiger partial charge in [0.25, 0.3) is 0 Å². The third-order valence-corrected chi connectivity index (χ3v) is 4.63. The normalized spacial score (nSPS) is 15.9. The van der Waals surface area contributed by atoms with Crippen LogP contribution in [0.3, 0.4) is 0 Å². The molecule has 0 spiro atoms. The Kier molecular flexibility index (Phi) is 5.65. The van der Waals surface area contributed by atoms with Gasteiger partial charge in [-0.2, -0.15) is 5.26 Å². The number of nitriles is 1. The molecular weight excluding hydrogens is 326 g/mol. The highest BCUT2D eigenvalue weighted by molar-refractivity contribution is 6.39. The molecule has 2 aromatic rings. The molecule has 132 valence electrons. The largest absolute Gasteiger partial charge is 0.341 e.